The lowest BCUT2D eigenvalue weighted by Crippen LogP contribution is -2.63. The van der Waals surface area contributed by atoms with Gasteiger partial charge in [0.05, 0.1) is 6.20 Å². The topological polar surface area (TPSA) is 180 Å². The Morgan fingerprint density at radius 1 is 1.05 bits per heavy atom. The first-order valence-corrected chi connectivity index (χ1v) is 16.4. The molecule has 0 radical (unpaired) electrons. The number of hydrogen-bond donors (Lipinski definition) is 4. The quantitative estimate of drug-likeness (QED) is 0.202. The Labute approximate surface area is 254 Å². The van der Waals surface area contributed by atoms with Gasteiger partial charge in [-0.3, -0.25) is 24.2 Å². The average Bonchev–Trinajstić information content (AvgIpc) is 2.98. The van der Waals surface area contributed by atoms with Gasteiger partial charge in [0.25, 0.3) is 5.91 Å². The molecule has 5 atom stereocenters. The van der Waals surface area contributed by atoms with Crippen LogP contribution in [-0.4, -0.2) is 74.3 Å². The maximum absolute atomic E-state index is 14.1. The standard InChI is InChI=1S/C29H45N6O7P/c1-5-11-22(42-43(40)41)32-26(37)21-14-9-10-17-35(21)28(39)24(29(2,3)4)34-27(38)23(19-12-7-6-8-13-19)33-25(36)20-18-30-15-16-31-20/h15-16,18-19,21-24H,5-14,17H2,1-4H3,(H3-,32,33,34,36,37,38,40,41)/p+1/t21-,22+,23-,24+/m0/s1. The molecule has 2 heterocycles. The monoisotopic (exact) mass is 621 g/mol. The molecular formula is C29H46N6O7P+. The summed E-state index contributed by atoms with van der Waals surface area (Å²) in [4.78, 5) is 73.1. The minimum atomic E-state index is -2.92. The summed E-state index contributed by atoms with van der Waals surface area (Å²) in [6, 6.07) is -2.68. The van der Waals surface area contributed by atoms with E-state index in [9.17, 15) is 28.6 Å². The summed E-state index contributed by atoms with van der Waals surface area (Å²) in [7, 11) is -2.92. The van der Waals surface area contributed by atoms with Gasteiger partial charge in [0.1, 0.15) is 23.8 Å². The number of carbonyl (C=O) groups is 4. The molecule has 2 fully saturated rings. The van der Waals surface area contributed by atoms with Crippen LogP contribution in [-0.2, 0) is 23.5 Å². The number of nitrogens with zero attached hydrogens (tertiary/aromatic N) is 3. The number of piperidine rings is 1. The van der Waals surface area contributed by atoms with Crippen molar-refractivity contribution in [3.63, 3.8) is 0 Å². The van der Waals surface area contributed by atoms with Gasteiger partial charge >= 0.3 is 8.25 Å². The highest BCUT2D eigenvalue weighted by molar-refractivity contribution is 7.32. The third-order valence-electron chi connectivity index (χ3n) is 8.05. The first kappa shape index (κ1) is 34.5. The maximum atomic E-state index is 14.1. The van der Waals surface area contributed by atoms with Gasteiger partial charge < -0.3 is 20.9 Å². The van der Waals surface area contributed by atoms with Gasteiger partial charge in [-0.15, -0.1) is 4.89 Å². The Bertz CT molecular complexity index is 1130. The minimum absolute atomic E-state index is 0.0952. The van der Waals surface area contributed by atoms with Crippen LogP contribution in [0.3, 0.4) is 0 Å². The molecule has 1 aliphatic carbocycles. The number of nitrogens with one attached hydrogen (secondary N) is 3. The molecule has 13 nitrogen and oxygen atoms in total. The molecule has 0 bridgehead atoms. The van der Waals surface area contributed by atoms with E-state index >= 15 is 0 Å². The molecule has 4 amide bonds. The predicted molar refractivity (Wildman–Crippen MR) is 158 cm³/mol. The van der Waals surface area contributed by atoms with Crippen molar-refractivity contribution in [2.75, 3.05) is 6.54 Å². The molecule has 2 aliphatic rings. The van der Waals surface area contributed by atoms with Crippen LogP contribution in [0.5, 0.6) is 0 Å². The van der Waals surface area contributed by atoms with E-state index in [1.807, 2.05) is 27.7 Å². The second-order valence-electron chi connectivity index (χ2n) is 12.4. The summed E-state index contributed by atoms with van der Waals surface area (Å²) in [5.74, 6) is -1.95. The van der Waals surface area contributed by atoms with Gasteiger partial charge in [-0.05, 0) is 49.9 Å². The molecule has 1 unspecified atom stereocenters. The smallest absolute Gasteiger partial charge is 0.342 e. The molecule has 1 aromatic rings. The normalized spacial score (nSPS) is 20.3. The van der Waals surface area contributed by atoms with E-state index in [1.54, 1.807) is 0 Å². The van der Waals surface area contributed by atoms with E-state index < -0.39 is 61.7 Å². The first-order valence-electron chi connectivity index (χ1n) is 15.2. The largest absolute Gasteiger partial charge is 0.696 e. The highest BCUT2D eigenvalue weighted by atomic mass is 31.1. The van der Waals surface area contributed by atoms with Crippen molar-refractivity contribution in [2.45, 2.75) is 116 Å². The highest BCUT2D eigenvalue weighted by Gasteiger charge is 2.43. The molecule has 1 saturated heterocycles. The van der Waals surface area contributed by atoms with Crippen LogP contribution in [0.4, 0.5) is 0 Å². The predicted octanol–water partition coefficient (Wildman–Crippen LogP) is 2.98. The van der Waals surface area contributed by atoms with Gasteiger partial charge in [-0.25, -0.2) is 4.98 Å². The summed E-state index contributed by atoms with van der Waals surface area (Å²) < 4.78 is 16.3. The number of rotatable bonds is 12. The van der Waals surface area contributed by atoms with E-state index in [0.29, 0.717) is 32.2 Å². The molecule has 238 valence electrons. The SMILES string of the molecule is CCC[C@H](NC(=O)[C@@H]1CCCCN1C(=O)[C@@H](NC(=O)[C@@H](NC(=O)c1cnccn1)C1CCCCC1)C(C)(C)C)O[P+](=O)O. The van der Waals surface area contributed by atoms with Crippen LogP contribution in [0.25, 0.3) is 0 Å². The Hall–Kier alpha value is -3.02. The second-order valence-corrected chi connectivity index (χ2v) is 13.1. The molecule has 1 saturated carbocycles. The number of amides is 4. The molecule has 43 heavy (non-hydrogen) atoms. The van der Waals surface area contributed by atoms with Crippen molar-refractivity contribution >= 4 is 31.9 Å². The lowest BCUT2D eigenvalue weighted by atomic mass is 9.81. The molecule has 1 aliphatic heterocycles. The highest BCUT2D eigenvalue weighted by Crippen LogP contribution is 2.29. The minimum Gasteiger partial charge on any atom is -0.342 e. The molecule has 3 rings (SSSR count). The molecular weight excluding hydrogens is 575 g/mol. The number of likely N-dealkylation sites (tertiary alicyclic amines) is 1. The third-order valence-corrected chi connectivity index (χ3v) is 8.48. The Morgan fingerprint density at radius 2 is 1.74 bits per heavy atom. The molecule has 0 spiro atoms. The fraction of sp³-hybridized carbons (Fsp3) is 0.724. The van der Waals surface area contributed by atoms with E-state index in [4.69, 9.17) is 4.52 Å². The zero-order valence-corrected chi connectivity index (χ0v) is 26.5. The van der Waals surface area contributed by atoms with Crippen LogP contribution in [0.1, 0.15) is 102 Å². The zero-order chi connectivity index (χ0) is 31.6. The van der Waals surface area contributed by atoms with E-state index in [0.717, 1.165) is 38.5 Å². The Kier molecular flexibility index (Phi) is 13.0. The molecule has 0 aromatic carbocycles. The second kappa shape index (κ2) is 16.2. The summed E-state index contributed by atoms with van der Waals surface area (Å²) in [5, 5.41) is 8.48. The number of hydrogen-bond acceptors (Lipinski definition) is 8. The lowest BCUT2D eigenvalue weighted by molar-refractivity contribution is -0.148. The van der Waals surface area contributed by atoms with Crippen LogP contribution in [0.2, 0.25) is 0 Å². The molecule has 1 aromatic heterocycles. The fourth-order valence-electron chi connectivity index (χ4n) is 5.79. The van der Waals surface area contributed by atoms with Crippen molar-refractivity contribution in [3.8, 4) is 0 Å². The Balaban J connectivity index is 1.82. The summed E-state index contributed by atoms with van der Waals surface area (Å²) >= 11 is 0. The first-order chi connectivity index (χ1) is 20.4. The van der Waals surface area contributed by atoms with Crippen molar-refractivity contribution in [3.05, 3.63) is 24.3 Å². The van der Waals surface area contributed by atoms with E-state index in [-0.39, 0.29) is 11.6 Å². The Morgan fingerprint density at radius 3 is 2.35 bits per heavy atom. The van der Waals surface area contributed by atoms with Gasteiger partial charge in [0.2, 0.25) is 17.7 Å². The van der Waals surface area contributed by atoms with Gasteiger partial charge in [-0.2, -0.15) is 0 Å². The van der Waals surface area contributed by atoms with Gasteiger partial charge in [0, 0.05) is 23.5 Å². The average molecular weight is 622 g/mol. The van der Waals surface area contributed by atoms with Gasteiger partial charge in [0.15, 0.2) is 6.23 Å². The maximum Gasteiger partial charge on any atom is 0.696 e. The third kappa shape index (κ3) is 10.0. The van der Waals surface area contributed by atoms with Crippen LogP contribution >= 0.6 is 8.25 Å². The van der Waals surface area contributed by atoms with Crippen LogP contribution < -0.4 is 16.0 Å². The summed E-state index contributed by atoms with van der Waals surface area (Å²) in [5.41, 5.74) is -0.627. The lowest BCUT2D eigenvalue weighted by Gasteiger charge is -2.41. The van der Waals surface area contributed by atoms with Gasteiger partial charge in [-0.1, -0.05) is 57.9 Å². The van der Waals surface area contributed by atoms with Crippen LogP contribution in [0, 0.1) is 11.3 Å². The molecule has 4 N–H and O–H groups in total. The fourth-order valence-corrected chi connectivity index (χ4v) is 6.16. The summed E-state index contributed by atoms with van der Waals surface area (Å²) in [6.45, 7) is 7.70. The number of aromatic nitrogens is 2. The number of carbonyl (C=O) groups excluding carboxylic acids is 4. The van der Waals surface area contributed by atoms with Crippen molar-refractivity contribution in [1.82, 2.24) is 30.8 Å². The summed E-state index contributed by atoms with van der Waals surface area (Å²) in [6.07, 6.45) is 10.5. The zero-order valence-electron chi connectivity index (χ0n) is 25.6. The van der Waals surface area contributed by atoms with E-state index in [1.165, 1.54) is 23.5 Å². The van der Waals surface area contributed by atoms with Crippen molar-refractivity contribution in [2.24, 2.45) is 11.3 Å². The van der Waals surface area contributed by atoms with Crippen LogP contribution in [0.15, 0.2) is 18.6 Å². The molecule has 14 heteroatoms. The van der Waals surface area contributed by atoms with E-state index in [2.05, 4.69) is 25.9 Å². The van der Waals surface area contributed by atoms with Crippen molar-refractivity contribution < 1.29 is 33.2 Å². The van der Waals surface area contributed by atoms with Crippen molar-refractivity contribution in [1.29, 1.82) is 0 Å².